The Morgan fingerprint density at radius 3 is 2.82 bits per heavy atom. The topological polar surface area (TPSA) is 65.4 Å². The zero-order valence-electron chi connectivity index (χ0n) is 10.6. The summed E-state index contributed by atoms with van der Waals surface area (Å²) in [5.41, 5.74) is 6.75. The van der Waals surface area contributed by atoms with Gasteiger partial charge in [-0.3, -0.25) is 0 Å². The lowest BCUT2D eigenvalue weighted by Gasteiger charge is -2.25. The van der Waals surface area contributed by atoms with Crippen LogP contribution in [-0.2, 0) is 0 Å². The standard InChI is InChI=1S/C12H20N4O/c1-12(2,13)8-16-7-10(15(3)11(16)17)9-4-5-14-6-9/h4-6,10,14H,7-8,13H2,1-3H3. The van der Waals surface area contributed by atoms with Crippen LogP contribution in [0, 0.1) is 0 Å². The number of nitrogens with one attached hydrogen (secondary N) is 1. The zero-order valence-corrected chi connectivity index (χ0v) is 10.6. The molecule has 0 spiro atoms. The molecule has 1 atom stereocenters. The zero-order chi connectivity index (χ0) is 12.6. The normalized spacial score (nSPS) is 21.4. The van der Waals surface area contributed by atoms with Crippen LogP contribution in [0.15, 0.2) is 18.5 Å². The van der Waals surface area contributed by atoms with E-state index < -0.39 is 0 Å². The molecule has 5 nitrogen and oxygen atoms in total. The molecular weight excluding hydrogens is 216 g/mol. The fourth-order valence-corrected chi connectivity index (χ4v) is 2.26. The largest absolute Gasteiger partial charge is 0.367 e. The van der Waals surface area contributed by atoms with Crippen molar-refractivity contribution in [2.24, 2.45) is 5.73 Å². The van der Waals surface area contributed by atoms with E-state index in [0.29, 0.717) is 13.1 Å². The summed E-state index contributed by atoms with van der Waals surface area (Å²) in [5.74, 6) is 0. The molecule has 1 fully saturated rings. The number of hydrogen-bond donors (Lipinski definition) is 2. The van der Waals surface area contributed by atoms with Crippen LogP contribution in [0.4, 0.5) is 4.79 Å². The molecule has 2 heterocycles. The fourth-order valence-electron chi connectivity index (χ4n) is 2.26. The number of urea groups is 1. The van der Waals surface area contributed by atoms with Crippen LogP contribution >= 0.6 is 0 Å². The average molecular weight is 236 g/mol. The molecule has 0 saturated carbocycles. The maximum Gasteiger partial charge on any atom is 0.320 e. The molecule has 0 radical (unpaired) electrons. The highest BCUT2D eigenvalue weighted by molar-refractivity contribution is 5.77. The minimum atomic E-state index is -0.358. The first kappa shape index (κ1) is 12.0. The number of carbonyl (C=O) groups excluding carboxylic acids is 1. The molecule has 0 bridgehead atoms. The summed E-state index contributed by atoms with van der Waals surface area (Å²) in [7, 11) is 1.84. The summed E-state index contributed by atoms with van der Waals surface area (Å²) in [4.78, 5) is 18.7. The van der Waals surface area contributed by atoms with Crippen LogP contribution in [0.1, 0.15) is 25.5 Å². The maximum absolute atomic E-state index is 12.1. The third-order valence-electron chi connectivity index (χ3n) is 3.04. The fraction of sp³-hybridized carbons (Fsp3) is 0.583. The summed E-state index contributed by atoms with van der Waals surface area (Å²) in [6.45, 7) is 5.15. The molecule has 5 heteroatoms. The number of amides is 2. The van der Waals surface area contributed by atoms with Crippen molar-refractivity contribution in [3.8, 4) is 0 Å². The Labute approximate surface area is 102 Å². The Kier molecular flexibility index (Phi) is 2.87. The van der Waals surface area contributed by atoms with Crippen molar-refractivity contribution in [1.82, 2.24) is 14.8 Å². The molecule has 1 aromatic heterocycles. The van der Waals surface area contributed by atoms with Crippen molar-refractivity contribution in [1.29, 1.82) is 0 Å². The van der Waals surface area contributed by atoms with Crippen molar-refractivity contribution in [2.45, 2.75) is 25.4 Å². The Morgan fingerprint density at radius 1 is 1.59 bits per heavy atom. The monoisotopic (exact) mass is 236 g/mol. The Hall–Kier alpha value is -1.49. The van der Waals surface area contributed by atoms with Crippen LogP contribution in [0.25, 0.3) is 0 Å². The number of H-pyrrole nitrogens is 1. The third-order valence-corrected chi connectivity index (χ3v) is 3.04. The number of aromatic amines is 1. The molecule has 1 aliphatic heterocycles. The molecule has 0 aliphatic carbocycles. The highest BCUT2D eigenvalue weighted by atomic mass is 16.2. The molecule has 1 aliphatic rings. The molecule has 17 heavy (non-hydrogen) atoms. The van der Waals surface area contributed by atoms with Gasteiger partial charge in [0.1, 0.15) is 0 Å². The summed E-state index contributed by atoms with van der Waals surface area (Å²) in [6, 6.07) is 2.18. The lowest BCUT2D eigenvalue weighted by atomic mass is 10.1. The first-order valence-corrected chi connectivity index (χ1v) is 5.82. The molecular formula is C12H20N4O. The first-order chi connectivity index (χ1) is 7.88. The van der Waals surface area contributed by atoms with E-state index in [1.54, 1.807) is 4.90 Å². The molecule has 1 aromatic rings. The Balaban J connectivity index is 2.12. The van der Waals surface area contributed by atoms with Gasteiger partial charge in [0.2, 0.25) is 0 Å². The number of rotatable bonds is 3. The van der Waals surface area contributed by atoms with Gasteiger partial charge in [-0.15, -0.1) is 0 Å². The van der Waals surface area contributed by atoms with E-state index in [1.807, 2.05) is 44.3 Å². The lowest BCUT2D eigenvalue weighted by Crippen LogP contribution is -2.46. The highest BCUT2D eigenvalue weighted by Crippen LogP contribution is 2.28. The van der Waals surface area contributed by atoms with Crippen molar-refractivity contribution in [3.63, 3.8) is 0 Å². The van der Waals surface area contributed by atoms with Crippen LogP contribution < -0.4 is 5.73 Å². The Morgan fingerprint density at radius 2 is 2.29 bits per heavy atom. The maximum atomic E-state index is 12.1. The second kappa shape index (κ2) is 4.07. The van der Waals surface area contributed by atoms with Gasteiger partial charge >= 0.3 is 6.03 Å². The van der Waals surface area contributed by atoms with Gasteiger partial charge in [0.25, 0.3) is 0 Å². The minimum Gasteiger partial charge on any atom is -0.367 e. The van der Waals surface area contributed by atoms with Crippen LogP contribution in [0.3, 0.4) is 0 Å². The van der Waals surface area contributed by atoms with Gasteiger partial charge in [0.05, 0.1) is 6.04 Å². The SMILES string of the molecule is CN1C(=O)N(CC(C)(C)N)CC1c1cc[nH]c1. The van der Waals surface area contributed by atoms with E-state index in [-0.39, 0.29) is 17.6 Å². The number of hydrogen-bond acceptors (Lipinski definition) is 2. The highest BCUT2D eigenvalue weighted by Gasteiger charge is 2.37. The molecule has 1 unspecified atom stereocenters. The van der Waals surface area contributed by atoms with E-state index >= 15 is 0 Å². The van der Waals surface area contributed by atoms with Crippen molar-refractivity contribution in [3.05, 3.63) is 24.0 Å². The summed E-state index contributed by atoms with van der Waals surface area (Å²) in [5, 5.41) is 0. The summed E-state index contributed by atoms with van der Waals surface area (Å²) in [6.07, 6.45) is 3.81. The number of likely N-dealkylation sites (N-methyl/N-ethyl adjacent to an activating group) is 1. The predicted octanol–water partition coefficient (Wildman–Crippen LogP) is 1.16. The van der Waals surface area contributed by atoms with Crippen molar-refractivity contribution >= 4 is 6.03 Å². The smallest absolute Gasteiger partial charge is 0.320 e. The lowest BCUT2D eigenvalue weighted by molar-refractivity contribution is 0.188. The van der Waals surface area contributed by atoms with Crippen molar-refractivity contribution < 1.29 is 4.79 Å². The number of nitrogens with two attached hydrogens (primary N) is 1. The van der Waals surface area contributed by atoms with Gasteiger partial charge in [0.15, 0.2) is 0 Å². The van der Waals surface area contributed by atoms with Gasteiger partial charge in [-0.1, -0.05) is 0 Å². The molecule has 0 aromatic carbocycles. The Bertz CT molecular complexity index is 393. The summed E-state index contributed by atoms with van der Waals surface area (Å²) >= 11 is 0. The summed E-state index contributed by atoms with van der Waals surface area (Å²) < 4.78 is 0. The van der Waals surface area contributed by atoms with E-state index in [0.717, 1.165) is 5.56 Å². The molecule has 2 amide bonds. The van der Waals surface area contributed by atoms with Crippen molar-refractivity contribution in [2.75, 3.05) is 20.1 Å². The number of nitrogens with zero attached hydrogens (tertiary/aromatic N) is 2. The number of carbonyl (C=O) groups is 1. The third kappa shape index (κ3) is 2.44. The molecule has 2 rings (SSSR count). The van der Waals surface area contributed by atoms with Crippen LogP contribution in [-0.4, -0.2) is 46.5 Å². The minimum absolute atomic E-state index is 0.0507. The van der Waals surface area contributed by atoms with Crippen LogP contribution in [0.2, 0.25) is 0 Å². The van der Waals surface area contributed by atoms with Gasteiger partial charge in [-0.05, 0) is 25.5 Å². The first-order valence-electron chi connectivity index (χ1n) is 5.82. The quantitative estimate of drug-likeness (QED) is 0.827. The molecule has 94 valence electrons. The predicted molar refractivity (Wildman–Crippen MR) is 66.5 cm³/mol. The van der Waals surface area contributed by atoms with Crippen LogP contribution in [0.5, 0.6) is 0 Å². The van der Waals surface area contributed by atoms with Gasteiger partial charge in [-0.25, -0.2) is 4.79 Å². The van der Waals surface area contributed by atoms with E-state index in [2.05, 4.69) is 4.98 Å². The average Bonchev–Trinajstić information content (AvgIpc) is 2.80. The number of aromatic nitrogens is 1. The second-order valence-corrected chi connectivity index (χ2v) is 5.42. The molecule has 1 saturated heterocycles. The van der Waals surface area contributed by atoms with E-state index in [4.69, 9.17) is 5.73 Å². The second-order valence-electron chi connectivity index (χ2n) is 5.42. The van der Waals surface area contributed by atoms with E-state index in [9.17, 15) is 4.79 Å². The molecule has 3 N–H and O–H groups in total. The van der Waals surface area contributed by atoms with Gasteiger partial charge in [-0.2, -0.15) is 0 Å². The van der Waals surface area contributed by atoms with Gasteiger partial charge < -0.3 is 20.5 Å². The van der Waals surface area contributed by atoms with Gasteiger partial charge in [0, 0.05) is 38.1 Å². The van der Waals surface area contributed by atoms with E-state index in [1.165, 1.54) is 0 Å².